The average molecular weight is 535 g/mol. The summed E-state index contributed by atoms with van der Waals surface area (Å²) >= 11 is 7.64. The topological polar surface area (TPSA) is 87.0 Å². The van der Waals surface area contributed by atoms with Gasteiger partial charge in [-0.05, 0) is 48.0 Å². The molecule has 37 heavy (non-hydrogen) atoms. The molecule has 0 atom stereocenters. The SMILES string of the molecule is CN1C(=O)/C(=C/c2ccccc2Cl)Sc2ccc(C(=O)N3CCN(c4ccc([N+](=O)[O-])cc4)CC3)cc21. The average Bonchev–Trinajstić information content (AvgIpc) is 2.92. The summed E-state index contributed by atoms with van der Waals surface area (Å²) in [6.45, 7) is 2.31. The van der Waals surface area contributed by atoms with E-state index in [4.69, 9.17) is 11.6 Å². The summed E-state index contributed by atoms with van der Waals surface area (Å²) in [5.74, 6) is -0.242. The first-order valence-corrected chi connectivity index (χ1v) is 12.9. The number of non-ortho nitro benzene ring substituents is 1. The van der Waals surface area contributed by atoms with Crippen LogP contribution in [-0.2, 0) is 4.79 Å². The molecule has 3 aromatic carbocycles. The van der Waals surface area contributed by atoms with Crippen molar-refractivity contribution in [1.82, 2.24) is 4.90 Å². The zero-order valence-electron chi connectivity index (χ0n) is 20.0. The van der Waals surface area contributed by atoms with Crippen LogP contribution in [0.25, 0.3) is 6.08 Å². The van der Waals surface area contributed by atoms with Crippen LogP contribution >= 0.6 is 23.4 Å². The third-order valence-corrected chi connectivity index (χ3v) is 7.91. The van der Waals surface area contributed by atoms with Crippen molar-refractivity contribution < 1.29 is 14.5 Å². The van der Waals surface area contributed by atoms with Gasteiger partial charge in [0.15, 0.2) is 0 Å². The van der Waals surface area contributed by atoms with Gasteiger partial charge in [-0.1, -0.05) is 41.6 Å². The van der Waals surface area contributed by atoms with Crippen LogP contribution in [0, 0.1) is 10.1 Å². The molecule has 0 N–H and O–H groups in total. The standard InChI is InChI=1S/C27H23ClN4O4S/c1-29-23-16-19(6-11-24(23)37-25(27(29)34)17-18-4-2-3-5-22(18)28)26(33)31-14-12-30(13-15-31)20-7-9-21(10-8-20)32(35)36/h2-11,16-17H,12-15H2,1H3/b25-17-. The highest BCUT2D eigenvalue weighted by atomic mass is 35.5. The fraction of sp³-hybridized carbons (Fsp3) is 0.185. The Balaban J connectivity index is 1.28. The van der Waals surface area contributed by atoms with E-state index in [0.29, 0.717) is 47.4 Å². The van der Waals surface area contributed by atoms with Crippen LogP contribution in [0.4, 0.5) is 17.1 Å². The van der Waals surface area contributed by atoms with Crippen molar-refractivity contribution in [1.29, 1.82) is 0 Å². The molecular weight excluding hydrogens is 512 g/mol. The number of piperazine rings is 1. The molecule has 5 rings (SSSR count). The van der Waals surface area contributed by atoms with E-state index in [9.17, 15) is 19.7 Å². The molecule has 0 bridgehead atoms. The molecule has 8 nitrogen and oxygen atoms in total. The molecule has 2 aliphatic rings. The highest BCUT2D eigenvalue weighted by Crippen LogP contribution is 2.42. The Hall–Kier alpha value is -3.82. The van der Waals surface area contributed by atoms with Crippen LogP contribution in [0.5, 0.6) is 0 Å². The quantitative estimate of drug-likeness (QED) is 0.256. The van der Waals surface area contributed by atoms with Gasteiger partial charge in [-0.3, -0.25) is 19.7 Å². The Morgan fingerprint density at radius 1 is 1.03 bits per heavy atom. The number of nitro benzene ring substituents is 1. The number of nitro groups is 1. The highest BCUT2D eigenvalue weighted by molar-refractivity contribution is 8.04. The number of halogens is 1. The summed E-state index contributed by atoms with van der Waals surface area (Å²) < 4.78 is 0. The van der Waals surface area contributed by atoms with E-state index < -0.39 is 4.92 Å². The zero-order chi connectivity index (χ0) is 26.1. The lowest BCUT2D eigenvalue weighted by atomic mass is 10.1. The van der Waals surface area contributed by atoms with E-state index in [1.54, 1.807) is 53.3 Å². The van der Waals surface area contributed by atoms with Gasteiger partial charge in [0, 0.05) is 66.5 Å². The maximum Gasteiger partial charge on any atom is 0.269 e. The summed E-state index contributed by atoms with van der Waals surface area (Å²) in [4.78, 5) is 43.7. The molecule has 3 aromatic rings. The van der Waals surface area contributed by atoms with Crippen LogP contribution in [0.1, 0.15) is 15.9 Å². The van der Waals surface area contributed by atoms with Gasteiger partial charge in [0.05, 0.1) is 15.5 Å². The minimum Gasteiger partial charge on any atom is -0.368 e. The molecule has 2 heterocycles. The number of anilines is 2. The number of rotatable bonds is 4. The van der Waals surface area contributed by atoms with Gasteiger partial charge in [-0.15, -0.1) is 0 Å². The van der Waals surface area contributed by atoms with Crippen molar-refractivity contribution in [2.75, 3.05) is 43.0 Å². The van der Waals surface area contributed by atoms with Crippen LogP contribution in [0.15, 0.2) is 76.5 Å². The minimum absolute atomic E-state index is 0.0538. The number of carbonyl (C=O) groups is 2. The number of hydrogen-bond acceptors (Lipinski definition) is 6. The Morgan fingerprint density at radius 2 is 1.73 bits per heavy atom. The van der Waals surface area contributed by atoms with Crippen molar-refractivity contribution >= 4 is 58.3 Å². The van der Waals surface area contributed by atoms with Crippen molar-refractivity contribution in [3.8, 4) is 0 Å². The molecule has 0 aliphatic carbocycles. The largest absolute Gasteiger partial charge is 0.368 e. The lowest BCUT2D eigenvalue weighted by Gasteiger charge is -2.36. The van der Waals surface area contributed by atoms with Crippen LogP contribution in [-0.4, -0.2) is 54.9 Å². The number of carbonyl (C=O) groups excluding carboxylic acids is 2. The molecule has 1 saturated heterocycles. The zero-order valence-corrected chi connectivity index (χ0v) is 21.5. The first-order valence-electron chi connectivity index (χ1n) is 11.7. The predicted molar refractivity (Wildman–Crippen MR) is 146 cm³/mol. The molecule has 2 aliphatic heterocycles. The highest BCUT2D eigenvalue weighted by Gasteiger charge is 2.29. The summed E-state index contributed by atoms with van der Waals surface area (Å²) in [6, 6.07) is 19.3. The number of likely N-dealkylation sites (N-methyl/N-ethyl adjacent to an activating group) is 1. The smallest absolute Gasteiger partial charge is 0.269 e. The second kappa shape index (κ2) is 10.3. The molecule has 0 radical (unpaired) electrons. The van der Waals surface area contributed by atoms with Gasteiger partial charge >= 0.3 is 0 Å². The van der Waals surface area contributed by atoms with Crippen molar-refractivity contribution in [3.63, 3.8) is 0 Å². The lowest BCUT2D eigenvalue weighted by molar-refractivity contribution is -0.384. The molecule has 1 fully saturated rings. The van der Waals surface area contributed by atoms with E-state index in [1.165, 1.54) is 23.9 Å². The molecule has 2 amide bonds. The maximum absolute atomic E-state index is 13.3. The maximum atomic E-state index is 13.3. The van der Waals surface area contributed by atoms with Crippen molar-refractivity contribution in [2.24, 2.45) is 0 Å². The fourth-order valence-electron chi connectivity index (χ4n) is 4.40. The Bertz CT molecular complexity index is 1420. The predicted octanol–water partition coefficient (Wildman–Crippen LogP) is 5.32. The number of amides is 2. The number of hydrogen-bond donors (Lipinski definition) is 0. The summed E-state index contributed by atoms with van der Waals surface area (Å²) in [7, 11) is 1.71. The summed E-state index contributed by atoms with van der Waals surface area (Å²) in [6.07, 6.45) is 1.79. The molecule has 0 aromatic heterocycles. The van der Waals surface area contributed by atoms with Gasteiger partial charge in [0.1, 0.15) is 0 Å². The second-order valence-electron chi connectivity index (χ2n) is 8.73. The van der Waals surface area contributed by atoms with E-state index in [1.807, 2.05) is 24.3 Å². The first-order chi connectivity index (χ1) is 17.8. The molecule has 0 saturated carbocycles. The third-order valence-electron chi connectivity index (χ3n) is 6.49. The normalized spacial score (nSPS) is 16.6. The van der Waals surface area contributed by atoms with E-state index in [0.717, 1.165) is 16.1 Å². The van der Waals surface area contributed by atoms with Crippen LogP contribution in [0.3, 0.4) is 0 Å². The third kappa shape index (κ3) is 5.05. The number of benzene rings is 3. The monoisotopic (exact) mass is 534 g/mol. The van der Waals surface area contributed by atoms with E-state index >= 15 is 0 Å². The summed E-state index contributed by atoms with van der Waals surface area (Å²) in [5.41, 5.74) is 2.95. The van der Waals surface area contributed by atoms with Crippen molar-refractivity contribution in [3.05, 3.63) is 97.9 Å². The lowest BCUT2D eigenvalue weighted by Crippen LogP contribution is -2.48. The molecule has 0 unspecified atom stereocenters. The first kappa shape index (κ1) is 24.9. The molecule has 188 valence electrons. The van der Waals surface area contributed by atoms with Crippen LogP contribution < -0.4 is 9.80 Å². The van der Waals surface area contributed by atoms with Crippen LogP contribution in [0.2, 0.25) is 5.02 Å². The van der Waals surface area contributed by atoms with Gasteiger partial charge < -0.3 is 14.7 Å². The van der Waals surface area contributed by atoms with Gasteiger partial charge in [-0.2, -0.15) is 0 Å². The Morgan fingerprint density at radius 3 is 2.41 bits per heavy atom. The molecular formula is C27H23ClN4O4S. The minimum atomic E-state index is -0.418. The number of thioether (sulfide) groups is 1. The second-order valence-corrected chi connectivity index (χ2v) is 10.2. The van der Waals surface area contributed by atoms with Gasteiger partial charge in [0.2, 0.25) is 0 Å². The Kier molecular flexibility index (Phi) is 6.90. The van der Waals surface area contributed by atoms with E-state index in [-0.39, 0.29) is 17.5 Å². The Labute approximate surface area is 223 Å². The van der Waals surface area contributed by atoms with Gasteiger partial charge in [0.25, 0.3) is 17.5 Å². The van der Waals surface area contributed by atoms with E-state index in [2.05, 4.69) is 4.90 Å². The fourth-order valence-corrected chi connectivity index (χ4v) is 5.67. The van der Waals surface area contributed by atoms with Crippen molar-refractivity contribution in [2.45, 2.75) is 4.90 Å². The molecule has 10 heteroatoms. The number of fused-ring (bicyclic) bond motifs is 1. The number of nitrogens with zero attached hydrogens (tertiary/aromatic N) is 4. The van der Waals surface area contributed by atoms with Gasteiger partial charge in [-0.25, -0.2) is 0 Å². The summed E-state index contributed by atoms with van der Waals surface area (Å²) in [5, 5.41) is 11.5. The molecule has 0 spiro atoms.